The maximum Gasteiger partial charge on any atom is 0.0242 e. The summed E-state index contributed by atoms with van der Waals surface area (Å²) < 4.78 is 1.20. The Labute approximate surface area is 133 Å². The summed E-state index contributed by atoms with van der Waals surface area (Å²) in [6.07, 6.45) is 5.30. The molecular weight excluding hydrogens is 312 g/mol. The van der Waals surface area contributed by atoms with Gasteiger partial charge in [-0.25, -0.2) is 0 Å². The van der Waals surface area contributed by atoms with Gasteiger partial charge in [-0.15, -0.1) is 0 Å². The zero-order valence-corrected chi connectivity index (χ0v) is 14.7. The van der Waals surface area contributed by atoms with Gasteiger partial charge in [-0.05, 0) is 32.0 Å². The van der Waals surface area contributed by atoms with Crippen LogP contribution in [-0.4, -0.2) is 31.1 Å². The van der Waals surface area contributed by atoms with E-state index in [-0.39, 0.29) is 0 Å². The van der Waals surface area contributed by atoms with E-state index in [1.165, 1.54) is 35.7 Å². The van der Waals surface area contributed by atoms with Crippen molar-refractivity contribution in [2.75, 3.05) is 20.1 Å². The molecule has 0 aliphatic carbocycles. The van der Waals surface area contributed by atoms with E-state index in [1.54, 1.807) is 0 Å². The molecule has 114 valence electrons. The first-order valence-corrected chi connectivity index (χ1v) is 8.58. The molecule has 0 radical (unpaired) electrons. The fraction of sp³-hybridized carbons (Fsp3) is 0.647. The largest absolute Gasteiger partial charge is 0.313 e. The summed E-state index contributed by atoms with van der Waals surface area (Å²) in [5.41, 5.74) is 1.35. The van der Waals surface area contributed by atoms with E-state index in [0.29, 0.717) is 6.04 Å². The van der Waals surface area contributed by atoms with Crippen LogP contribution in [0.15, 0.2) is 28.7 Å². The van der Waals surface area contributed by atoms with Crippen LogP contribution in [0.5, 0.6) is 0 Å². The third-order valence-corrected chi connectivity index (χ3v) is 4.40. The quantitative estimate of drug-likeness (QED) is 0.633. The Bertz CT molecular complexity index is 368. The van der Waals surface area contributed by atoms with Gasteiger partial charge in [0, 0.05) is 30.1 Å². The van der Waals surface area contributed by atoms with Crippen LogP contribution in [0.2, 0.25) is 0 Å². The summed E-state index contributed by atoms with van der Waals surface area (Å²) in [5.74, 6) is 0. The molecule has 0 bridgehead atoms. The third kappa shape index (κ3) is 7.41. The van der Waals surface area contributed by atoms with Crippen molar-refractivity contribution < 1.29 is 0 Å². The summed E-state index contributed by atoms with van der Waals surface area (Å²) >= 11 is 3.61. The number of rotatable bonds is 10. The van der Waals surface area contributed by atoms with Gasteiger partial charge in [0.15, 0.2) is 0 Å². The molecule has 1 atom stereocenters. The summed E-state index contributed by atoms with van der Waals surface area (Å²) in [6.45, 7) is 7.69. The SMILES string of the molecule is CCCCCC(C)NCCN(C)Cc1ccccc1Br. The van der Waals surface area contributed by atoms with Gasteiger partial charge in [0.25, 0.3) is 0 Å². The summed E-state index contributed by atoms with van der Waals surface area (Å²) in [7, 11) is 2.18. The molecule has 0 amide bonds. The minimum atomic E-state index is 0.637. The van der Waals surface area contributed by atoms with Crippen molar-refractivity contribution in [2.24, 2.45) is 0 Å². The minimum Gasteiger partial charge on any atom is -0.313 e. The molecule has 0 aromatic heterocycles. The number of hydrogen-bond donors (Lipinski definition) is 1. The van der Waals surface area contributed by atoms with Crippen molar-refractivity contribution in [1.82, 2.24) is 10.2 Å². The molecule has 0 aliphatic heterocycles. The second kappa shape index (κ2) is 10.4. The number of likely N-dealkylation sites (N-methyl/N-ethyl adjacent to an activating group) is 1. The predicted octanol–water partition coefficient (Wildman–Crippen LogP) is 4.44. The Hall–Kier alpha value is -0.380. The van der Waals surface area contributed by atoms with Gasteiger partial charge in [-0.3, -0.25) is 0 Å². The molecule has 0 heterocycles. The zero-order chi connectivity index (χ0) is 14.8. The standard InChI is InChI=1S/C17H29BrN2/c1-4-5-6-9-15(2)19-12-13-20(3)14-16-10-7-8-11-17(16)18/h7-8,10-11,15,19H,4-6,9,12-14H2,1-3H3. The van der Waals surface area contributed by atoms with Crippen molar-refractivity contribution in [3.8, 4) is 0 Å². The summed E-state index contributed by atoms with van der Waals surface area (Å²) in [4.78, 5) is 2.37. The van der Waals surface area contributed by atoms with Gasteiger partial charge in [0.2, 0.25) is 0 Å². The van der Waals surface area contributed by atoms with Crippen LogP contribution < -0.4 is 5.32 Å². The van der Waals surface area contributed by atoms with Crippen LogP contribution in [0.1, 0.15) is 45.1 Å². The lowest BCUT2D eigenvalue weighted by molar-refractivity contribution is 0.315. The third-order valence-electron chi connectivity index (χ3n) is 3.63. The molecule has 0 spiro atoms. The molecule has 2 nitrogen and oxygen atoms in total. The molecule has 0 fully saturated rings. The second-order valence-electron chi connectivity index (χ2n) is 5.68. The molecule has 1 N–H and O–H groups in total. The van der Waals surface area contributed by atoms with E-state index in [9.17, 15) is 0 Å². The number of nitrogens with zero attached hydrogens (tertiary/aromatic N) is 1. The van der Waals surface area contributed by atoms with Crippen LogP contribution in [0.4, 0.5) is 0 Å². The average Bonchev–Trinajstić information content (AvgIpc) is 2.42. The molecule has 0 aliphatic rings. The Balaban J connectivity index is 2.17. The first-order chi connectivity index (χ1) is 9.63. The number of nitrogens with one attached hydrogen (secondary N) is 1. The topological polar surface area (TPSA) is 15.3 Å². The number of unbranched alkanes of at least 4 members (excludes halogenated alkanes) is 2. The van der Waals surface area contributed by atoms with E-state index >= 15 is 0 Å². The first-order valence-electron chi connectivity index (χ1n) is 7.78. The van der Waals surface area contributed by atoms with E-state index in [2.05, 4.69) is 71.3 Å². The Morgan fingerprint density at radius 1 is 1.25 bits per heavy atom. The van der Waals surface area contributed by atoms with Gasteiger partial charge in [0.05, 0.1) is 0 Å². The highest BCUT2D eigenvalue weighted by atomic mass is 79.9. The van der Waals surface area contributed by atoms with Gasteiger partial charge < -0.3 is 10.2 Å². The van der Waals surface area contributed by atoms with Crippen LogP contribution in [0, 0.1) is 0 Å². The van der Waals surface area contributed by atoms with Gasteiger partial charge in [-0.2, -0.15) is 0 Å². The molecule has 1 aromatic rings. The van der Waals surface area contributed by atoms with Crippen molar-refractivity contribution in [3.05, 3.63) is 34.3 Å². The fourth-order valence-electron chi connectivity index (χ4n) is 2.30. The Morgan fingerprint density at radius 3 is 2.70 bits per heavy atom. The highest BCUT2D eigenvalue weighted by Crippen LogP contribution is 2.16. The average molecular weight is 341 g/mol. The van der Waals surface area contributed by atoms with Gasteiger partial charge in [0.1, 0.15) is 0 Å². The summed E-state index contributed by atoms with van der Waals surface area (Å²) in [5, 5.41) is 3.62. The molecule has 1 unspecified atom stereocenters. The lowest BCUT2D eigenvalue weighted by Crippen LogP contribution is -2.34. The normalized spacial score (nSPS) is 12.8. The van der Waals surface area contributed by atoms with Crippen LogP contribution in [0.25, 0.3) is 0 Å². The van der Waals surface area contributed by atoms with Crippen LogP contribution in [0.3, 0.4) is 0 Å². The number of hydrogen-bond acceptors (Lipinski definition) is 2. The van der Waals surface area contributed by atoms with Crippen molar-refractivity contribution >= 4 is 15.9 Å². The smallest absolute Gasteiger partial charge is 0.0242 e. The molecule has 1 rings (SSSR count). The minimum absolute atomic E-state index is 0.637. The van der Waals surface area contributed by atoms with E-state index < -0.39 is 0 Å². The van der Waals surface area contributed by atoms with Gasteiger partial charge >= 0.3 is 0 Å². The maximum atomic E-state index is 3.62. The second-order valence-corrected chi connectivity index (χ2v) is 6.53. The number of halogens is 1. The molecule has 20 heavy (non-hydrogen) atoms. The Morgan fingerprint density at radius 2 is 2.00 bits per heavy atom. The first kappa shape index (κ1) is 17.7. The zero-order valence-electron chi connectivity index (χ0n) is 13.2. The van der Waals surface area contributed by atoms with E-state index in [1.807, 2.05) is 0 Å². The fourth-order valence-corrected chi connectivity index (χ4v) is 2.71. The molecule has 0 saturated carbocycles. The van der Waals surface area contributed by atoms with Crippen molar-refractivity contribution in [3.63, 3.8) is 0 Å². The van der Waals surface area contributed by atoms with E-state index in [0.717, 1.165) is 19.6 Å². The van der Waals surface area contributed by atoms with Crippen LogP contribution >= 0.6 is 15.9 Å². The molecule has 0 saturated heterocycles. The highest BCUT2D eigenvalue weighted by molar-refractivity contribution is 9.10. The van der Waals surface area contributed by atoms with E-state index in [4.69, 9.17) is 0 Å². The van der Waals surface area contributed by atoms with Gasteiger partial charge in [-0.1, -0.05) is 60.3 Å². The van der Waals surface area contributed by atoms with Crippen molar-refractivity contribution in [2.45, 2.75) is 52.1 Å². The lowest BCUT2D eigenvalue weighted by Gasteiger charge is -2.20. The summed E-state index contributed by atoms with van der Waals surface area (Å²) in [6, 6.07) is 9.09. The van der Waals surface area contributed by atoms with Crippen molar-refractivity contribution in [1.29, 1.82) is 0 Å². The number of benzene rings is 1. The molecular formula is C17H29BrN2. The Kier molecular flexibility index (Phi) is 9.16. The maximum absolute atomic E-state index is 3.62. The molecule has 3 heteroatoms. The van der Waals surface area contributed by atoms with Crippen LogP contribution in [-0.2, 0) is 6.54 Å². The molecule has 1 aromatic carbocycles. The monoisotopic (exact) mass is 340 g/mol. The predicted molar refractivity (Wildman–Crippen MR) is 92.1 cm³/mol. The lowest BCUT2D eigenvalue weighted by atomic mass is 10.1. The highest BCUT2D eigenvalue weighted by Gasteiger charge is 2.05.